The van der Waals surface area contributed by atoms with Gasteiger partial charge in [-0.25, -0.2) is 4.98 Å². The molecule has 0 fully saturated rings. The molecule has 1 heterocycles. The van der Waals surface area contributed by atoms with E-state index in [0.29, 0.717) is 10.0 Å². The summed E-state index contributed by atoms with van der Waals surface area (Å²) in [4.78, 5) is 4.61. The van der Waals surface area contributed by atoms with E-state index in [9.17, 15) is 0 Å². The number of rotatable bonds is 3. The van der Waals surface area contributed by atoms with Gasteiger partial charge in [0.1, 0.15) is 10.8 Å². The Kier molecular flexibility index (Phi) is 3.45. The molecule has 5 heteroatoms. The molecule has 1 aromatic heterocycles. The van der Waals surface area contributed by atoms with E-state index in [4.69, 9.17) is 29.6 Å². The smallest absolute Gasteiger partial charge is 0.112 e. The van der Waals surface area contributed by atoms with Crippen molar-refractivity contribution in [1.82, 2.24) is 9.55 Å². The number of hydrogen-bond acceptors (Lipinski definition) is 2. The summed E-state index contributed by atoms with van der Waals surface area (Å²) in [6, 6.07) is 5.54. The number of nitrogens with two attached hydrogens (primary N) is 1. The number of imidazole rings is 1. The van der Waals surface area contributed by atoms with Gasteiger partial charge in [0.25, 0.3) is 0 Å². The van der Waals surface area contributed by atoms with Crippen LogP contribution in [0, 0.1) is 0 Å². The summed E-state index contributed by atoms with van der Waals surface area (Å²) >= 11 is 11.1. The van der Waals surface area contributed by atoms with Crippen molar-refractivity contribution in [2.45, 2.75) is 13.3 Å². The predicted octanol–water partition coefficient (Wildman–Crippen LogP) is 2.72. The summed E-state index contributed by atoms with van der Waals surface area (Å²) in [6.07, 6.45) is 4.50. The number of aromatic nitrogens is 2. The van der Waals surface area contributed by atoms with Crippen LogP contribution in [0.25, 0.3) is 5.69 Å². The zero-order valence-corrected chi connectivity index (χ0v) is 10.9. The van der Waals surface area contributed by atoms with E-state index >= 15 is 0 Å². The predicted molar refractivity (Wildman–Crippen MR) is 73.8 cm³/mol. The van der Waals surface area contributed by atoms with Crippen LogP contribution in [0.2, 0.25) is 5.02 Å². The maximum atomic E-state index is 6.23. The van der Waals surface area contributed by atoms with Gasteiger partial charge in [0, 0.05) is 24.4 Å². The lowest BCUT2D eigenvalue weighted by Gasteiger charge is -2.09. The average molecular weight is 266 g/mol. The molecule has 0 aliphatic rings. The molecule has 88 valence electrons. The highest BCUT2D eigenvalue weighted by Crippen LogP contribution is 2.23. The topological polar surface area (TPSA) is 43.8 Å². The highest BCUT2D eigenvalue weighted by atomic mass is 35.5. The summed E-state index contributed by atoms with van der Waals surface area (Å²) in [5, 5.41) is 0.614. The van der Waals surface area contributed by atoms with Crippen molar-refractivity contribution >= 4 is 28.8 Å². The normalized spacial score (nSPS) is 10.5. The van der Waals surface area contributed by atoms with E-state index in [0.717, 1.165) is 23.5 Å². The Labute approximate surface area is 110 Å². The molecular formula is C12H12ClN3S. The molecule has 2 rings (SSSR count). The zero-order valence-electron chi connectivity index (χ0n) is 9.35. The van der Waals surface area contributed by atoms with Gasteiger partial charge in [0.05, 0.1) is 10.7 Å². The highest BCUT2D eigenvalue weighted by Gasteiger charge is 2.08. The van der Waals surface area contributed by atoms with E-state index in [2.05, 4.69) is 11.9 Å². The molecule has 0 atom stereocenters. The van der Waals surface area contributed by atoms with Crippen LogP contribution in [0.4, 0.5) is 0 Å². The second-order valence-corrected chi connectivity index (χ2v) is 4.44. The maximum absolute atomic E-state index is 6.23. The minimum Gasteiger partial charge on any atom is -0.389 e. The summed E-state index contributed by atoms with van der Waals surface area (Å²) in [5.41, 5.74) is 7.22. The Balaban J connectivity index is 2.50. The van der Waals surface area contributed by atoms with Gasteiger partial charge >= 0.3 is 0 Å². The average Bonchev–Trinajstić information content (AvgIpc) is 2.76. The fourth-order valence-corrected chi connectivity index (χ4v) is 2.07. The fourth-order valence-electron chi connectivity index (χ4n) is 1.67. The molecule has 0 saturated carbocycles. The molecule has 0 aliphatic heterocycles. The van der Waals surface area contributed by atoms with Crippen LogP contribution in [0.3, 0.4) is 0 Å². The van der Waals surface area contributed by atoms with E-state index in [-0.39, 0.29) is 0 Å². The molecule has 0 bridgehead atoms. The van der Waals surface area contributed by atoms with Crippen LogP contribution in [-0.2, 0) is 6.42 Å². The first kappa shape index (κ1) is 12.1. The Morgan fingerprint density at radius 1 is 1.53 bits per heavy atom. The first-order valence-corrected chi connectivity index (χ1v) is 6.04. The van der Waals surface area contributed by atoms with Gasteiger partial charge in [-0.1, -0.05) is 30.7 Å². The monoisotopic (exact) mass is 265 g/mol. The van der Waals surface area contributed by atoms with E-state index in [1.807, 2.05) is 22.9 Å². The molecule has 0 amide bonds. The van der Waals surface area contributed by atoms with Gasteiger partial charge in [-0.15, -0.1) is 0 Å². The summed E-state index contributed by atoms with van der Waals surface area (Å²) in [6.45, 7) is 2.05. The number of aryl methyl sites for hydroxylation is 1. The van der Waals surface area contributed by atoms with Gasteiger partial charge in [-0.05, 0) is 18.2 Å². The molecular weight excluding hydrogens is 254 g/mol. The molecule has 0 spiro atoms. The minimum atomic E-state index is 0.347. The number of nitrogens with zero attached hydrogens (tertiary/aromatic N) is 2. The van der Waals surface area contributed by atoms with Crippen LogP contribution in [0.1, 0.15) is 18.3 Å². The number of benzene rings is 1. The minimum absolute atomic E-state index is 0.347. The van der Waals surface area contributed by atoms with E-state index < -0.39 is 0 Å². The SMILES string of the molecule is CCc1nccn1-c1ccc(C(N)=S)cc1Cl. The lowest BCUT2D eigenvalue weighted by molar-refractivity contribution is 0.891. The van der Waals surface area contributed by atoms with Crippen molar-refractivity contribution in [3.05, 3.63) is 47.0 Å². The van der Waals surface area contributed by atoms with Gasteiger partial charge in [-0.2, -0.15) is 0 Å². The lowest BCUT2D eigenvalue weighted by atomic mass is 10.2. The second-order valence-electron chi connectivity index (χ2n) is 3.60. The Bertz CT molecular complexity index is 563. The van der Waals surface area contributed by atoms with Gasteiger partial charge < -0.3 is 10.3 Å². The number of halogens is 1. The standard InChI is InChI=1S/C12H12ClN3S/c1-2-11-15-5-6-16(11)10-4-3-8(12(14)17)7-9(10)13/h3-7H,2H2,1H3,(H2,14,17). The summed E-state index contributed by atoms with van der Waals surface area (Å²) in [5.74, 6) is 0.968. The second kappa shape index (κ2) is 4.85. The highest BCUT2D eigenvalue weighted by molar-refractivity contribution is 7.80. The third-order valence-electron chi connectivity index (χ3n) is 2.53. The van der Waals surface area contributed by atoms with Gasteiger partial charge in [0.15, 0.2) is 0 Å². The maximum Gasteiger partial charge on any atom is 0.112 e. The van der Waals surface area contributed by atoms with Gasteiger partial charge in [-0.3, -0.25) is 0 Å². The zero-order chi connectivity index (χ0) is 12.4. The van der Waals surface area contributed by atoms with Crippen LogP contribution in [0.15, 0.2) is 30.6 Å². The summed E-state index contributed by atoms with van der Waals surface area (Å²) in [7, 11) is 0. The van der Waals surface area contributed by atoms with Crippen LogP contribution in [-0.4, -0.2) is 14.5 Å². The van der Waals surface area contributed by atoms with Crippen molar-refractivity contribution in [2.24, 2.45) is 5.73 Å². The van der Waals surface area contributed by atoms with Crippen molar-refractivity contribution in [2.75, 3.05) is 0 Å². The van der Waals surface area contributed by atoms with Crippen molar-refractivity contribution in [3.63, 3.8) is 0 Å². The molecule has 2 N–H and O–H groups in total. The Hall–Kier alpha value is -1.39. The number of thiocarbonyl (C=S) groups is 1. The Morgan fingerprint density at radius 2 is 2.29 bits per heavy atom. The molecule has 17 heavy (non-hydrogen) atoms. The quantitative estimate of drug-likeness (QED) is 0.868. The fraction of sp³-hybridized carbons (Fsp3) is 0.167. The van der Waals surface area contributed by atoms with Crippen molar-refractivity contribution in [1.29, 1.82) is 0 Å². The van der Waals surface area contributed by atoms with Crippen molar-refractivity contribution in [3.8, 4) is 5.69 Å². The van der Waals surface area contributed by atoms with Crippen molar-refractivity contribution < 1.29 is 0 Å². The molecule has 0 unspecified atom stereocenters. The first-order valence-electron chi connectivity index (χ1n) is 5.25. The lowest BCUT2D eigenvalue weighted by Crippen LogP contribution is -2.09. The Morgan fingerprint density at radius 3 is 2.88 bits per heavy atom. The molecule has 0 radical (unpaired) electrons. The van der Waals surface area contributed by atoms with Crippen LogP contribution < -0.4 is 5.73 Å². The molecule has 2 aromatic rings. The van der Waals surface area contributed by atoms with Crippen LogP contribution in [0.5, 0.6) is 0 Å². The third kappa shape index (κ3) is 2.33. The molecule has 0 aliphatic carbocycles. The molecule has 3 nitrogen and oxygen atoms in total. The van der Waals surface area contributed by atoms with E-state index in [1.165, 1.54) is 0 Å². The molecule has 0 saturated heterocycles. The third-order valence-corrected chi connectivity index (χ3v) is 3.06. The molecule has 1 aromatic carbocycles. The summed E-state index contributed by atoms with van der Waals surface area (Å²) < 4.78 is 1.96. The van der Waals surface area contributed by atoms with E-state index in [1.54, 1.807) is 12.3 Å². The van der Waals surface area contributed by atoms with Gasteiger partial charge in [0.2, 0.25) is 0 Å². The van der Waals surface area contributed by atoms with Crippen LogP contribution >= 0.6 is 23.8 Å². The first-order chi connectivity index (χ1) is 8.13. The largest absolute Gasteiger partial charge is 0.389 e. The number of hydrogen-bond donors (Lipinski definition) is 1.